The van der Waals surface area contributed by atoms with E-state index in [-0.39, 0.29) is 0 Å². The van der Waals surface area contributed by atoms with E-state index in [1.807, 2.05) is 6.07 Å². The van der Waals surface area contributed by atoms with Crippen molar-refractivity contribution >= 4 is 33.5 Å². The van der Waals surface area contributed by atoms with Crippen molar-refractivity contribution in [3.05, 3.63) is 23.0 Å². The highest BCUT2D eigenvalue weighted by molar-refractivity contribution is 7.91. The highest BCUT2D eigenvalue weighted by Crippen LogP contribution is 2.40. The number of aliphatic imine (C=N–C) groups is 1. The van der Waals surface area contributed by atoms with Gasteiger partial charge in [-0.05, 0) is 18.9 Å². The molecule has 1 unspecified atom stereocenters. The Morgan fingerprint density at radius 1 is 1.47 bits per heavy atom. The zero-order valence-electron chi connectivity index (χ0n) is 10.2. The number of nitrogens with zero attached hydrogens (tertiary/aromatic N) is 3. The summed E-state index contributed by atoms with van der Waals surface area (Å²) < 4.78 is 23.6. The number of hydrogen-bond acceptors (Lipinski definition) is 5. The van der Waals surface area contributed by atoms with Crippen LogP contribution in [0.15, 0.2) is 22.3 Å². The SMILES string of the molecule is CS(=O)(=O)C1N=CC=C(Cl)N1c1cc(C2CC2)[nH]n1. The standard InChI is InChI=1S/C11H13ClN4O2S/c1-19(17,18)11-13-5-4-9(12)16(11)10-6-8(14-15-10)7-2-3-7/h4-7,11H,2-3H2,1H3,(H,14,15). The molecule has 1 aliphatic carbocycles. The molecule has 0 bridgehead atoms. The topological polar surface area (TPSA) is 78.4 Å². The van der Waals surface area contributed by atoms with E-state index < -0.39 is 15.3 Å². The highest BCUT2D eigenvalue weighted by Gasteiger charge is 2.34. The molecule has 0 radical (unpaired) electrons. The van der Waals surface area contributed by atoms with Gasteiger partial charge in [-0.2, -0.15) is 5.10 Å². The predicted octanol–water partition coefficient (Wildman–Crippen LogP) is 1.59. The molecule has 0 aromatic carbocycles. The van der Waals surface area contributed by atoms with Gasteiger partial charge < -0.3 is 0 Å². The number of hydrogen-bond donors (Lipinski definition) is 1. The van der Waals surface area contributed by atoms with E-state index in [0.29, 0.717) is 16.9 Å². The Bertz CT molecular complexity index is 660. The Hall–Kier alpha value is -1.34. The highest BCUT2D eigenvalue weighted by atomic mass is 35.5. The lowest BCUT2D eigenvalue weighted by atomic mass is 10.3. The lowest BCUT2D eigenvalue weighted by molar-refractivity contribution is 0.585. The summed E-state index contributed by atoms with van der Waals surface area (Å²) in [6.07, 6.45) is 6.36. The van der Waals surface area contributed by atoms with Crippen LogP contribution in [0.2, 0.25) is 0 Å². The van der Waals surface area contributed by atoms with Gasteiger partial charge >= 0.3 is 0 Å². The third-order valence-corrected chi connectivity index (χ3v) is 4.51. The van der Waals surface area contributed by atoms with Gasteiger partial charge in [0.25, 0.3) is 0 Å². The lowest BCUT2D eigenvalue weighted by Gasteiger charge is -2.28. The van der Waals surface area contributed by atoms with E-state index in [0.717, 1.165) is 24.8 Å². The number of allylic oxidation sites excluding steroid dienone is 1. The maximum atomic E-state index is 11.8. The lowest BCUT2D eigenvalue weighted by Crippen LogP contribution is -2.39. The van der Waals surface area contributed by atoms with Gasteiger partial charge in [0, 0.05) is 30.1 Å². The van der Waals surface area contributed by atoms with Crippen LogP contribution < -0.4 is 4.90 Å². The Morgan fingerprint density at radius 2 is 2.21 bits per heavy atom. The molecule has 1 saturated carbocycles. The summed E-state index contributed by atoms with van der Waals surface area (Å²) >= 11 is 6.10. The van der Waals surface area contributed by atoms with Gasteiger partial charge in [-0.1, -0.05) is 11.6 Å². The van der Waals surface area contributed by atoms with E-state index in [2.05, 4.69) is 15.2 Å². The average Bonchev–Trinajstić information content (AvgIpc) is 3.07. The van der Waals surface area contributed by atoms with E-state index >= 15 is 0 Å². The van der Waals surface area contributed by atoms with Crippen molar-refractivity contribution < 1.29 is 8.42 Å². The second-order valence-corrected chi connectivity index (χ2v) is 7.24. The smallest absolute Gasteiger partial charge is 0.230 e. The van der Waals surface area contributed by atoms with E-state index in [4.69, 9.17) is 11.6 Å². The summed E-state index contributed by atoms with van der Waals surface area (Å²) in [5, 5.41) is 7.38. The number of anilines is 1. The second kappa shape index (κ2) is 4.35. The van der Waals surface area contributed by atoms with Crippen molar-refractivity contribution in [1.29, 1.82) is 0 Å². The summed E-state index contributed by atoms with van der Waals surface area (Å²) in [6, 6.07) is 1.84. The first-order valence-electron chi connectivity index (χ1n) is 5.89. The molecular formula is C11H13ClN4O2S. The van der Waals surface area contributed by atoms with Crippen LogP contribution in [0.1, 0.15) is 24.5 Å². The summed E-state index contributed by atoms with van der Waals surface area (Å²) in [4.78, 5) is 5.39. The van der Waals surface area contributed by atoms with Crippen molar-refractivity contribution in [3.8, 4) is 0 Å². The Labute approximate surface area is 116 Å². The molecule has 1 atom stereocenters. The Balaban J connectivity index is 1.98. The summed E-state index contributed by atoms with van der Waals surface area (Å²) in [5.41, 5.74) is -0.0402. The Morgan fingerprint density at radius 3 is 2.84 bits per heavy atom. The molecule has 1 N–H and O–H groups in total. The third-order valence-electron chi connectivity index (χ3n) is 3.11. The van der Waals surface area contributed by atoms with E-state index in [1.54, 1.807) is 6.08 Å². The molecule has 0 spiro atoms. The maximum absolute atomic E-state index is 11.8. The van der Waals surface area contributed by atoms with E-state index in [1.165, 1.54) is 11.1 Å². The molecule has 0 saturated heterocycles. The van der Waals surface area contributed by atoms with Crippen LogP contribution in [0, 0.1) is 0 Å². The molecule has 1 aromatic rings. The zero-order chi connectivity index (χ0) is 13.6. The molecule has 6 nitrogen and oxygen atoms in total. The average molecular weight is 301 g/mol. The normalized spacial score (nSPS) is 23.6. The van der Waals surface area contributed by atoms with Crippen LogP contribution in [0.5, 0.6) is 0 Å². The molecule has 1 aliphatic heterocycles. The van der Waals surface area contributed by atoms with E-state index in [9.17, 15) is 8.42 Å². The molecule has 2 aliphatic rings. The van der Waals surface area contributed by atoms with Gasteiger partial charge in [-0.25, -0.2) is 8.42 Å². The first-order valence-corrected chi connectivity index (χ1v) is 8.22. The van der Waals surface area contributed by atoms with Gasteiger partial charge in [-0.15, -0.1) is 0 Å². The van der Waals surface area contributed by atoms with Crippen LogP contribution in [0.25, 0.3) is 0 Å². The number of rotatable bonds is 3. The molecule has 3 rings (SSSR count). The molecule has 0 amide bonds. The fourth-order valence-electron chi connectivity index (χ4n) is 2.01. The van der Waals surface area contributed by atoms with Crippen molar-refractivity contribution in [3.63, 3.8) is 0 Å². The van der Waals surface area contributed by atoms with Gasteiger partial charge in [0.2, 0.25) is 5.50 Å². The molecule has 8 heteroatoms. The van der Waals surface area contributed by atoms with Gasteiger partial charge in [0.05, 0.1) is 0 Å². The zero-order valence-corrected chi connectivity index (χ0v) is 11.8. The van der Waals surface area contributed by atoms with Crippen molar-refractivity contribution in [2.75, 3.05) is 11.2 Å². The van der Waals surface area contributed by atoms with Crippen molar-refractivity contribution in [2.24, 2.45) is 4.99 Å². The molecule has 1 fully saturated rings. The monoisotopic (exact) mass is 300 g/mol. The van der Waals surface area contributed by atoms with Crippen LogP contribution in [0.4, 0.5) is 5.82 Å². The molecule has 19 heavy (non-hydrogen) atoms. The number of aromatic nitrogens is 2. The predicted molar refractivity (Wildman–Crippen MR) is 74.1 cm³/mol. The number of halogens is 1. The number of aromatic amines is 1. The largest absolute Gasteiger partial charge is 0.280 e. The number of sulfone groups is 1. The van der Waals surface area contributed by atoms with Crippen LogP contribution in [0.3, 0.4) is 0 Å². The van der Waals surface area contributed by atoms with Gasteiger partial charge in [-0.3, -0.25) is 15.0 Å². The molecule has 1 aromatic heterocycles. The molecule has 102 valence electrons. The van der Waals surface area contributed by atoms with Crippen LogP contribution in [-0.4, -0.2) is 36.6 Å². The fourth-order valence-corrected chi connectivity index (χ4v) is 3.20. The van der Waals surface area contributed by atoms with Crippen molar-refractivity contribution in [1.82, 2.24) is 10.2 Å². The van der Waals surface area contributed by atoms with Crippen LogP contribution in [-0.2, 0) is 9.84 Å². The number of H-pyrrole nitrogens is 1. The van der Waals surface area contributed by atoms with Gasteiger partial charge in [0.15, 0.2) is 15.7 Å². The Kier molecular flexibility index (Phi) is 2.90. The minimum Gasteiger partial charge on any atom is -0.280 e. The minimum atomic E-state index is -3.40. The first-order chi connectivity index (χ1) is 8.97. The number of nitrogens with one attached hydrogen (secondary N) is 1. The van der Waals surface area contributed by atoms with Gasteiger partial charge in [0.1, 0.15) is 5.16 Å². The van der Waals surface area contributed by atoms with Crippen LogP contribution >= 0.6 is 11.6 Å². The quantitative estimate of drug-likeness (QED) is 0.860. The maximum Gasteiger partial charge on any atom is 0.230 e. The second-order valence-electron chi connectivity index (χ2n) is 4.77. The third kappa shape index (κ3) is 2.40. The summed E-state index contributed by atoms with van der Waals surface area (Å²) in [6.45, 7) is 0. The first kappa shape index (κ1) is 12.7. The molecule has 2 heterocycles. The van der Waals surface area contributed by atoms with Crippen molar-refractivity contribution in [2.45, 2.75) is 24.3 Å². The summed E-state index contributed by atoms with van der Waals surface area (Å²) in [7, 11) is -3.40. The minimum absolute atomic E-state index is 0.291. The molecular weight excluding hydrogens is 288 g/mol. The summed E-state index contributed by atoms with van der Waals surface area (Å²) in [5.74, 6) is 0.990. The fraction of sp³-hybridized carbons (Fsp3) is 0.455.